The van der Waals surface area contributed by atoms with Gasteiger partial charge in [0.2, 0.25) is 0 Å². The molecule has 0 bridgehead atoms. The maximum Gasteiger partial charge on any atom is 0.137 e. The number of methoxy groups -OCH3 is 1. The number of nitrogens with zero attached hydrogens (tertiary/aromatic N) is 2. The minimum atomic E-state index is 0.214. The molecule has 90 valence electrons. The number of para-hydroxylation sites is 1. The summed E-state index contributed by atoms with van der Waals surface area (Å²) in [6.45, 7) is 0. The minimum absolute atomic E-state index is 0.214. The number of fused-ring (bicyclic) bond motifs is 1. The van der Waals surface area contributed by atoms with Crippen molar-refractivity contribution in [1.82, 2.24) is 9.38 Å². The normalized spacial score (nSPS) is 10.7. The average Bonchev–Trinajstić information content (AvgIpc) is 2.81. The maximum atomic E-state index is 9.44. The summed E-state index contributed by atoms with van der Waals surface area (Å²) in [4.78, 5) is 4.50. The lowest BCUT2D eigenvalue weighted by Crippen LogP contribution is -1.86. The van der Waals surface area contributed by atoms with Crippen LogP contribution < -0.4 is 4.74 Å². The molecule has 0 aliphatic rings. The van der Waals surface area contributed by atoms with Crippen molar-refractivity contribution in [3.63, 3.8) is 0 Å². The monoisotopic (exact) mass is 240 g/mol. The first-order valence-electron chi connectivity index (χ1n) is 5.59. The van der Waals surface area contributed by atoms with E-state index >= 15 is 0 Å². The Morgan fingerprint density at radius 3 is 2.78 bits per heavy atom. The van der Waals surface area contributed by atoms with Crippen molar-refractivity contribution in [2.75, 3.05) is 7.11 Å². The fourth-order valence-corrected chi connectivity index (χ4v) is 1.97. The van der Waals surface area contributed by atoms with Crippen LogP contribution in [-0.2, 0) is 0 Å². The van der Waals surface area contributed by atoms with Crippen LogP contribution in [0.3, 0.4) is 0 Å². The molecular weight excluding hydrogens is 228 g/mol. The van der Waals surface area contributed by atoms with E-state index in [2.05, 4.69) is 4.98 Å². The van der Waals surface area contributed by atoms with Crippen molar-refractivity contribution in [3.8, 4) is 22.8 Å². The molecule has 4 heteroatoms. The molecule has 0 saturated heterocycles. The quantitative estimate of drug-likeness (QED) is 0.749. The van der Waals surface area contributed by atoms with Gasteiger partial charge in [0.1, 0.15) is 17.1 Å². The van der Waals surface area contributed by atoms with E-state index in [0.29, 0.717) is 0 Å². The molecule has 18 heavy (non-hydrogen) atoms. The number of pyridine rings is 1. The second-order valence-electron chi connectivity index (χ2n) is 3.98. The van der Waals surface area contributed by atoms with Gasteiger partial charge in [-0.3, -0.25) is 0 Å². The Labute approximate surface area is 104 Å². The Hall–Kier alpha value is -2.49. The number of imidazole rings is 1. The highest BCUT2D eigenvalue weighted by atomic mass is 16.5. The van der Waals surface area contributed by atoms with E-state index in [1.165, 1.54) is 0 Å². The van der Waals surface area contributed by atoms with E-state index in [1.54, 1.807) is 29.8 Å². The molecule has 1 N–H and O–H groups in total. The third-order valence-electron chi connectivity index (χ3n) is 2.82. The van der Waals surface area contributed by atoms with Gasteiger partial charge in [0.15, 0.2) is 0 Å². The predicted octanol–water partition coefficient (Wildman–Crippen LogP) is 2.72. The summed E-state index contributed by atoms with van der Waals surface area (Å²) >= 11 is 0. The Morgan fingerprint density at radius 2 is 1.94 bits per heavy atom. The molecule has 2 heterocycles. The topological polar surface area (TPSA) is 46.8 Å². The molecule has 0 unspecified atom stereocenters. The average molecular weight is 240 g/mol. The summed E-state index contributed by atoms with van der Waals surface area (Å²) in [6.07, 6.45) is 3.49. The number of hydrogen-bond acceptors (Lipinski definition) is 3. The van der Waals surface area contributed by atoms with Gasteiger partial charge in [0.25, 0.3) is 0 Å². The first-order chi connectivity index (χ1) is 8.78. The molecule has 3 rings (SSSR count). The summed E-state index contributed by atoms with van der Waals surface area (Å²) in [5.74, 6) is 0.997. The number of aromatic hydroxyl groups is 1. The van der Waals surface area contributed by atoms with Gasteiger partial charge in [0.05, 0.1) is 19.0 Å². The van der Waals surface area contributed by atoms with Gasteiger partial charge in [-0.2, -0.15) is 0 Å². The van der Waals surface area contributed by atoms with Gasteiger partial charge >= 0.3 is 0 Å². The van der Waals surface area contributed by atoms with Crippen LogP contribution >= 0.6 is 0 Å². The van der Waals surface area contributed by atoms with Gasteiger partial charge < -0.3 is 14.2 Å². The zero-order valence-electron chi connectivity index (χ0n) is 9.87. The highest BCUT2D eigenvalue weighted by Gasteiger charge is 2.09. The van der Waals surface area contributed by atoms with E-state index in [0.717, 1.165) is 22.7 Å². The number of ether oxygens (including phenoxy) is 1. The van der Waals surface area contributed by atoms with Gasteiger partial charge in [-0.1, -0.05) is 12.1 Å². The molecule has 0 amide bonds. The first kappa shape index (κ1) is 10.7. The van der Waals surface area contributed by atoms with E-state index in [1.807, 2.05) is 30.5 Å². The van der Waals surface area contributed by atoms with Crippen LogP contribution in [0.4, 0.5) is 0 Å². The second kappa shape index (κ2) is 4.07. The molecule has 0 radical (unpaired) electrons. The van der Waals surface area contributed by atoms with Crippen molar-refractivity contribution in [1.29, 1.82) is 0 Å². The van der Waals surface area contributed by atoms with Crippen molar-refractivity contribution in [3.05, 3.63) is 48.8 Å². The molecule has 0 atom stereocenters. The number of hydrogen-bond donors (Lipinski definition) is 1. The lowest BCUT2D eigenvalue weighted by molar-refractivity contribution is 0.416. The summed E-state index contributed by atoms with van der Waals surface area (Å²) in [5.41, 5.74) is 2.54. The van der Waals surface area contributed by atoms with Gasteiger partial charge in [-0.05, 0) is 24.3 Å². The molecule has 0 fully saturated rings. The predicted molar refractivity (Wildman–Crippen MR) is 68.8 cm³/mol. The maximum absolute atomic E-state index is 9.44. The standard InChI is InChI=1S/C14H12N2O2/c1-18-13-5-3-2-4-11(13)12-9-16-8-10(17)6-7-14(16)15-12/h2-9,17H,1H3. The third kappa shape index (κ3) is 1.68. The van der Waals surface area contributed by atoms with Crippen LogP contribution in [0.15, 0.2) is 48.8 Å². The van der Waals surface area contributed by atoms with Gasteiger partial charge in [-0.25, -0.2) is 4.98 Å². The highest BCUT2D eigenvalue weighted by Crippen LogP contribution is 2.29. The van der Waals surface area contributed by atoms with Crippen LogP contribution in [0, 0.1) is 0 Å². The smallest absolute Gasteiger partial charge is 0.137 e. The molecule has 3 aromatic rings. The van der Waals surface area contributed by atoms with Crippen LogP contribution in [0.2, 0.25) is 0 Å². The van der Waals surface area contributed by atoms with E-state index in [9.17, 15) is 5.11 Å². The highest BCUT2D eigenvalue weighted by molar-refractivity contribution is 5.69. The van der Waals surface area contributed by atoms with Gasteiger partial charge in [-0.15, -0.1) is 0 Å². The summed E-state index contributed by atoms with van der Waals surface area (Å²) in [5, 5.41) is 9.44. The minimum Gasteiger partial charge on any atom is -0.506 e. The van der Waals surface area contributed by atoms with Crippen LogP contribution in [0.25, 0.3) is 16.9 Å². The Kier molecular flexibility index (Phi) is 2.41. The number of aromatic nitrogens is 2. The second-order valence-corrected chi connectivity index (χ2v) is 3.98. The fraction of sp³-hybridized carbons (Fsp3) is 0.0714. The van der Waals surface area contributed by atoms with Crippen LogP contribution in [-0.4, -0.2) is 21.6 Å². The van der Waals surface area contributed by atoms with E-state index in [-0.39, 0.29) is 5.75 Å². The Morgan fingerprint density at radius 1 is 1.11 bits per heavy atom. The third-order valence-corrected chi connectivity index (χ3v) is 2.82. The molecule has 0 spiro atoms. The SMILES string of the molecule is COc1ccccc1-c1cn2cc(O)ccc2n1. The van der Waals surface area contributed by atoms with Crippen molar-refractivity contribution in [2.24, 2.45) is 0 Å². The Bertz CT molecular complexity index is 704. The fourth-order valence-electron chi connectivity index (χ4n) is 1.97. The molecular formula is C14H12N2O2. The van der Waals surface area contributed by atoms with Crippen LogP contribution in [0.5, 0.6) is 11.5 Å². The zero-order valence-corrected chi connectivity index (χ0v) is 9.87. The van der Waals surface area contributed by atoms with Crippen molar-refractivity contribution in [2.45, 2.75) is 0 Å². The summed E-state index contributed by atoms with van der Waals surface area (Å²) in [6, 6.07) is 11.1. The Balaban J connectivity index is 2.19. The van der Waals surface area contributed by atoms with E-state index in [4.69, 9.17) is 4.74 Å². The largest absolute Gasteiger partial charge is 0.506 e. The first-order valence-corrected chi connectivity index (χ1v) is 5.59. The molecule has 1 aromatic carbocycles. The zero-order chi connectivity index (χ0) is 12.5. The van der Waals surface area contributed by atoms with Crippen molar-refractivity contribution >= 4 is 5.65 Å². The summed E-state index contributed by atoms with van der Waals surface area (Å²) < 4.78 is 7.11. The summed E-state index contributed by atoms with van der Waals surface area (Å²) in [7, 11) is 1.64. The number of rotatable bonds is 2. The lowest BCUT2D eigenvalue weighted by Gasteiger charge is -2.04. The van der Waals surface area contributed by atoms with Crippen LogP contribution in [0.1, 0.15) is 0 Å². The molecule has 4 nitrogen and oxygen atoms in total. The molecule has 0 aliphatic heterocycles. The van der Waals surface area contributed by atoms with Gasteiger partial charge in [0, 0.05) is 11.8 Å². The molecule has 0 saturated carbocycles. The lowest BCUT2D eigenvalue weighted by atomic mass is 10.1. The molecule has 0 aliphatic carbocycles. The molecule has 2 aromatic heterocycles. The van der Waals surface area contributed by atoms with E-state index < -0.39 is 0 Å². The number of benzene rings is 1. The van der Waals surface area contributed by atoms with Crippen molar-refractivity contribution < 1.29 is 9.84 Å².